The molecular formula is C19H30N2O2. The first-order valence-electron chi connectivity index (χ1n) is 8.95. The van der Waals surface area contributed by atoms with Crippen LogP contribution >= 0.6 is 0 Å². The molecule has 128 valence electrons. The predicted octanol–water partition coefficient (Wildman–Crippen LogP) is 2.92. The second kappa shape index (κ2) is 6.88. The number of hydrogen-bond acceptors (Lipinski definition) is 4. The molecule has 0 radical (unpaired) electrons. The van der Waals surface area contributed by atoms with Gasteiger partial charge >= 0.3 is 0 Å². The van der Waals surface area contributed by atoms with Crippen molar-refractivity contribution in [3.8, 4) is 0 Å². The summed E-state index contributed by atoms with van der Waals surface area (Å²) in [5, 5.41) is 14.5. The Balaban J connectivity index is 1.58. The summed E-state index contributed by atoms with van der Waals surface area (Å²) in [6.07, 6.45) is 4.10. The van der Waals surface area contributed by atoms with Crippen molar-refractivity contribution in [3.63, 3.8) is 0 Å². The third-order valence-corrected chi connectivity index (χ3v) is 5.99. The molecule has 1 aromatic rings. The number of pyridine rings is 1. The van der Waals surface area contributed by atoms with Gasteiger partial charge in [0.25, 0.3) is 0 Å². The summed E-state index contributed by atoms with van der Waals surface area (Å²) in [6.45, 7) is 8.77. The van der Waals surface area contributed by atoms with Crippen molar-refractivity contribution < 1.29 is 9.84 Å². The number of aliphatic hydroxyl groups is 1. The molecule has 1 spiro atoms. The highest BCUT2D eigenvalue weighted by Gasteiger charge is 2.47. The van der Waals surface area contributed by atoms with E-state index in [-0.39, 0.29) is 17.6 Å². The molecule has 23 heavy (non-hydrogen) atoms. The molecule has 1 aliphatic carbocycles. The molecule has 0 amide bonds. The molecule has 2 N–H and O–H groups in total. The van der Waals surface area contributed by atoms with Gasteiger partial charge in [-0.15, -0.1) is 0 Å². The Bertz CT molecular complexity index is 540. The zero-order chi connectivity index (χ0) is 16.4. The van der Waals surface area contributed by atoms with E-state index >= 15 is 0 Å². The normalized spacial score (nSPS) is 28.2. The first kappa shape index (κ1) is 16.9. The number of aliphatic hydroxyl groups excluding tert-OH is 1. The maximum atomic E-state index is 10.8. The van der Waals surface area contributed by atoms with E-state index < -0.39 is 0 Å². The predicted molar refractivity (Wildman–Crippen MR) is 91.3 cm³/mol. The molecule has 3 atom stereocenters. The lowest BCUT2D eigenvalue weighted by Crippen LogP contribution is -2.41. The Hall–Kier alpha value is -0.970. The molecule has 1 aliphatic heterocycles. The summed E-state index contributed by atoms with van der Waals surface area (Å²) in [5.74, 6) is 0.356. The molecule has 1 saturated carbocycles. The fourth-order valence-electron chi connectivity index (χ4n) is 4.41. The molecule has 2 heterocycles. The summed E-state index contributed by atoms with van der Waals surface area (Å²) in [5.41, 5.74) is 3.53. The largest absolute Gasteiger partial charge is 0.392 e. The van der Waals surface area contributed by atoms with Crippen LogP contribution < -0.4 is 5.32 Å². The molecule has 1 aromatic heterocycles. The number of nitrogens with zero attached hydrogens (tertiary/aromatic N) is 1. The first-order chi connectivity index (χ1) is 11.0. The van der Waals surface area contributed by atoms with Crippen LogP contribution in [0.3, 0.4) is 0 Å². The number of aryl methyl sites for hydroxylation is 2. The molecular weight excluding hydrogens is 288 g/mol. The van der Waals surface area contributed by atoms with Gasteiger partial charge in [0.2, 0.25) is 0 Å². The highest BCUT2D eigenvalue weighted by molar-refractivity contribution is 5.24. The van der Waals surface area contributed by atoms with E-state index in [2.05, 4.69) is 36.3 Å². The van der Waals surface area contributed by atoms with Crippen LogP contribution in [0.2, 0.25) is 0 Å². The molecule has 3 rings (SSSR count). The van der Waals surface area contributed by atoms with E-state index in [0.717, 1.165) is 56.8 Å². The minimum absolute atomic E-state index is 0.120. The van der Waals surface area contributed by atoms with Gasteiger partial charge in [0.05, 0.1) is 6.10 Å². The molecule has 2 aliphatic rings. The average Bonchev–Trinajstić information content (AvgIpc) is 2.82. The third-order valence-electron chi connectivity index (χ3n) is 5.99. The SMILES string of the molecule is Cc1ccc(C(C)NCC2CCC3(CCOCC3)C2O)c(C)n1. The van der Waals surface area contributed by atoms with E-state index in [1.807, 2.05) is 6.92 Å². The second-order valence-electron chi connectivity index (χ2n) is 7.48. The van der Waals surface area contributed by atoms with Crippen LogP contribution in [0.25, 0.3) is 0 Å². The average molecular weight is 318 g/mol. The standard InChI is InChI=1S/C19H30N2O2/c1-13-4-5-17(15(3)21-13)14(2)20-12-16-6-7-19(18(16)22)8-10-23-11-9-19/h4-5,14,16,18,20,22H,6-12H2,1-3H3. The number of hydrogen-bond donors (Lipinski definition) is 2. The number of aromatic nitrogens is 1. The summed E-state index contributed by atoms with van der Waals surface area (Å²) in [4.78, 5) is 4.55. The van der Waals surface area contributed by atoms with E-state index in [9.17, 15) is 5.11 Å². The van der Waals surface area contributed by atoms with Crippen LogP contribution in [0.1, 0.15) is 55.6 Å². The smallest absolute Gasteiger partial charge is 0.0638 e. The quantitative estimate of drug-likeness (QED) is 0.896. The molecule has 0 bridgehead atoms. The van der Waals surface area contributed by atoms with Crippen molar-refractivity contribution >= 4 is 0 Å². The fourth-order valence-corrected chi connectivity index (χ4v) is 4.41. The van der Waals surface area contributed by atoms with Crippen molar-refractivity contribution in [1.82, 2.24) is 10.3 Å². The van der Waals surface area contributed by atoms with Gasteiger partial charge in [-0.1, -0.05) is 6.07 Å². The highest BCUT2D eigenvalue weighted by atomic mass is 16.5. The van der Waals surface area contributed by atoms with Gasteiger partial charge in [0.1, 0.15) is 0 Å². The molecule has 4 nitrogen and oxygen atoms in total. The van der Waals surface area contributed by atoms with Gasteiger partial charge in [-0.25, -0.2) is 0 Å². The minimum Gasteiger partial charge on any atom is -0.392 e. The van der Waals surface area contributed by atoms with Crippen molar-refractivity contribution in [2.45, 2.75) is 58.6 Å². The van der Waals surface area contributed by atoms with Crippen LogP contribution in [0.15, 0.2) is 12.1 Å². The third kappa shape index (κ3) is 3.44. The van der Waals surface area contributed by atoms with Crippen molar-refractivity contribution in [2.24, 2.45) is 11.3 Å². The Kier molecular flexibility index (Phi) is 5.04. The number of nitrogens with one attached hydrogen (secondary N) is 1. The van der Waals surface area contributed by atoms with Gasteiger partial charge in [-0.2, -0.15) is 0 Å². The van der Waals surface area contributed by atoms with Gasteiger partial charge in [0, 0.05) is 42.6 Å². The lowest BCUT2D eigenvalue weighted by Gasteiger charge is -2.37. The summed E-state index contributed by atoms with van der Waals surface area (Å²) in [6, 6.07) is 4.50. The zero-order valence-corrected chi connectivity index (χ0v) is 14.6. The Labute approximate surface area is 139 Å². The van der Waals surface area contributed by atoms with Crippen molar-refractivity contribution in [3.05, 3.63) is 29.1 Å². The van der Waals surface area contributed by atoms with Gasteiger partial charge in [0.15, 0.2) is 0 Å². The van der Waals surface area contributed by atoms with E-state index in [1.54, 1.807) is 0 Å². The molecule has 4 heteroatoms. The first-order valence-corrected chi connectivity index (χ1v) is 8.95. The summed E-state index contributed by atoms with van der Waals surface area (Å²) in [7, 11) is 0. The van der Waals surface area contributed by atoms with Crippen LogP contribution in [0, 0.1) is 25.2 Å². The molecule has 0 aromatic carbocycles. The van der Waals surface area contributed by atoms with Gasteiger partial charge in [-0.05, 0) is 64.0 Å². The topological polar surface area (TPSA) is 54.4 Å². The Morgan fingerprint density at radius 3 is 2.74 bits per heavy atom. The summed E-state index contributed by atoms with van der Waals surface area (Å²) >= 11 is 0. The summed E-state index contributed by atoms with van der Waals surface area (Å²) < 4.78 is 5.48. The van der Waals surface area contributed by atoms with Crippen molar-refractivity contribution in [1.29, 1.82) is 0 Å². The molecule has 2 fully saturated rings. The van der Waals surface area contributed by atoms with Crippen LogP contribution in [-0.4, -0.2) is 36.0 Å². The zero-order valence-electron chi connectivity index (χ0n) is 14.6. The van der Waals surface area contributed by atoms with Crippen LogP contribution in [-0.2, 0) is 4.74 Å². The molecule has 3 unspecified atom stereocenters. The van der Waals surface area contributed by atoms with Crippen LogP contribution in [0.5, 0.6) is 0 Å². The number of ether oxygens (including phenoxy) is 1. The van der Waals surface area contributed by atoms with E-state index in [1.165, 1.54) is 5.56 Å². The highest BCUT2D eigenvalue weighted by Crippen LogP contribution is 2.48. The lowest BCUT2D eigenvalue weighted by atomic mass is 9.76. The molecule has 1 saturated heterocycles. The maximum absolute atomic E-state index is 10.8. The monoisotopic (exact) mass is 318 g/mol. The van der Waals surface area contributed by atoms with Gasteiger partial charge in [-0.3, -0.25) is 4.98 Å². The Morgan fingerprint density at radius 1 is 1.30 bits per heavy atom. The van der Waals surface area contributed by atoms with E-state index in [0.29, 0.717) is 5.92 Å². The second-order valence-corrected chi connectivity index (χ2v) is 7.48. The van der Waals surface area contributed by atoms with Crippen molar-refractivity contribution in [2.75, 3.05) is 19.8 Å². The lowest BCUT2D eigenvalue weighted by molar-refractivity contribution is -0.0558. The minimum atomic E-state index is -0.191. The van der Waals surface area contributed by atoms with E-state index in [4.69, 9.17) is 4.74 Å². The fraction of sp³-hybridized carbons (Fsp3) is 0.737. The number of rotatable bonds is 4. The maximum Gasteiger partial charge on any atom is 0.0638 e. The van der Waals surface area contributed by atoms with Crippen LogP contribution in [0.4, 0.5) is 0 Å². The Morgan fingerprint density at radius 2 is 2.04 bits per heavy atom. The van der Waals surface area contributed by atoms with Gasteiger partial charge < -0.3 is 15.2 Å².